The highest BCUT2D eigenvalue weighted by molar-refractivity contribution is 5.54. The van der Waals surface area contributed by atoms with Gasteiger partial charge in [-0.1, -0.05) is 0 Å². The molecule has 4 heteroatoms. The molecule has 1 N–H and O–H groups in total. The quantitative estimate of drug-likeness (QED) is 0.828. The molecule has 0 spiro atoms. The molecular formula is C13H16N2O2. The maximum absolute atomic E-state index is 9.32. The third-order valence-electron chi connectivity index (χ3n) is 3.10. The minimum absolute atomic E-state index is 0.0103. The van der Waals surface area contributed by atoms with Gasteiger partial charge in [0.05, 0.1) is 37.5 Å². The topological polar surface area (TPSA) is 56.5 Å². The van der Waals surface area contributed by atoms with E-state index in [1.807, 2.05) is 25.1 Å². The van der Waals surface area contributed by atoms with E-state index < -0.39 is 0 Å². The molecule has 4 nitrogen and oxygen atoms in total. The second kappa shape index (κ2) is 5.17. The van der Waals surface area contributed by atoms with Crippen LogP contribution in [0.5, 0.6) is 0 Å². The Morgan fingerprint density at radius 1 is 1.59 bits per heavy atom. The Balaban J connectivity index is 2.26. The Hall–Kier alpha value is -1.57. The fraction of sp³-hybridized carbons (Fsp3) is 0.462. The van der Waals surface area contributed by atoms with Crippen LogP contribution in [0.15, 0.2) is 18.2 Å². The molecule has 1 aliphatic rings. The Morgan fingerprint density at radius 2 is 2.41 bits per heavy atom. The zero-order chi connectivity index (χ0) is 12.3. The van der Waals surface area contributed by atoms with Crippen LogP contribution >= 0.6 is 0 Å². The van der Waals surface area contributed by atoms with E-state index in [9.17, 15) is 5.11 Å². The Bertz CT molecular complexity index is 440. The highest BCUT2D eigenvalue weighted by atomic mass is 16.5. The fourth-order valence-electron chi connectivity index (χ4n) is 2.10. The number of morpholine rings is 1. The molecule has 1 aromatic rings. The summed E-state index contributed by atoms with van der Waals surface area (Å²) in [5.74, 6) is 0. The van der Waals surface area contributed by atoms with Gasteiger partial charge < -0.3 is 14.7 Å². The number of hydrogen-bond acceptors (Lipinski definition) is 4. The molecule has 1 saturated heterocycles. The zero-order valence-corrected chi connectivity index (χ0v) is 9.89. The molecule has 1 aromatic carbocycles. The normalized spacial score (nSPS) is 20.1. The molecule has 0 amide bonds. The second-order valence-electron chi connectivity index (χ2n) is 4.22. The van der Waals surface area contributed by atoms with Crippen LogP contribution in [-0.2, 0) is 4.74 Å². The van der Waals surface area contributed by atoms with Gasteiger partial charge in [0.15, 0.2) is 0 Å². The van der Waals surface area contributed by atoms with Crippen molar-refractivity contribution in [2.75, 3.05) is 31.3 Å². The minimum atomic E-state index is 0.0103. The van der Waals surface area contributed by atoms with E-state index in [-0.39, 0.29) is 12.6 Å². The van der Waals surface area contributed by atoms with Crippen LogP contribution in [0, 0.1) is 18.3 Å². The van der Waals surface area contributed by atoms with E-state index in [2.05, 4.69) is 11.0 Å². The molecular weight excluding hydrogens is 216 g/mol. The number of nitriles is 1. The van der Waals surface area contributed by atoms with Crippen LogP contribution in [0.3, 0.4) is 0 Å². The van der Waals surface area contributed by atoms with Crippen molar-refractivity contribution in [2.45, 2.75) is 13.0 Å². The van der Waals surface area contributed by atoms with E-state index in [0.29, 0.717) is 18.8 Å². The predicted octanol–water partition coefficient (Wildman–Crippen LogP) is 1.06. The van der Waals surface area contributed by atoms with Gasteiger partial charge in [0, 0.05) is 12.2 Å². The Kier molecular flexibility index (Phi) is 3.62. The Labute approximate surface area is 101 Å². The lowest BCUT2D eigenvalue weighted by atomic mass is 10.1. The standard InChI is InChI=1S/C13H16N2O2/c1-10-6-12(3-2-11(10)7-14)15-4-5-17-9-13(15)8-16/h2-3,6,13,16H,4-5,8-9H2,1H3. The van der Waals surface area contributed by atoms with Crippen molar-refractivity contribution in [2.24, 2.45) is 0 Å². The SMILES string of the molecule is Cc1cc(N2CCOCC2CO)ccc1C#N. The number of aliphatic hydroxyl groups excluding tert-OH is 1. The second-order valence-corrected chi connectivity index (χ2v) is 4.22. The third-order valence-corrected chi connectivity index (χ3v) is 3.10. The summed E-state index contributed by atoms with van der Waals surface area (Å²) in [6.45, 7) is 4.01. The average molecular weight is 232 g/mol. The molecule has 1 aliphatic heterocycles. The summed E-state index contributed by atoms with van der Waals surface area (Å²) in [6.07, 6.45) is 0. The molecule has 0 bridgehead atoms. The first-order chi connectivity index (χ1) is 8.26. The van der Waals surface area contributed by atoms with Crippen molar-refractivity contribution in [1.82, 2.24) is 0 Å². The molecule has 2 rings (SSSR count). The molecule has 90 valence electrons. The van der Waals surface area contributed by atoms with Gasteiger partial charge >= 0.3 is 0 Å². The lowest BCUT2D eigenvalue weighted by molar-refractivity contribution is 0.0727. The predicted molar refractivity (Wildman–Crippen MR) is 64.9 cm³/mol. The van der Waals surface area contributed by atoms with E-state index in [1.54, 1.807) is 0 Å². The van der Waals surface area contributed by atoms with Crippen molar-refractivity contribution in [3.05, 3.63) is 29.3 Å². The molecule has 1 fully saturated rings. The van der Waals surface area contributed by atoms with E-state index in [4.69, 9.17) is 10.00 Å². The molecule has 0 saturated carbocycles. The molecule has 0 aliphatic carbocycles. The number of rotatable bonds is 2. The number of anilines is 1. The van der Waals surface area contributed by atoms with Crippen molar-refractivity contribution >= 4 is 5.69 Å². The molecule has 0 radical (unpaired) electrons. The molecule has 1 atom stereocenters. The summed E-state index contributed by atoms with van der Waals surface area (Å²) in [6, 6.07) is 7.92. The van der Waals surface area contributed by atoms with E-state index >= 15 is 0 Å². The van der Waals surface area contributed by atoms with Crippen molar-refractivity contribution in [1.29, 1.82) is 5.26 Å². The Morgan fingerprint density at radius 3 is 3.06 bits per heavy atom. The van der Waals surface area contributed by atoms with Crippen LogP contribution in [0.2, 0.25) is 0 Å². The van der Waals surface area contributed by atoms with Crippen LogP contribution in [0.4, 0.5) is 5.69 Å². The highest BCUT2D eigenvalue weighted by Gasteiger charge is 2.22. The van der Waals surface area contributed by atoms with E-state index in [1.165, 1.54) is 0 Å². The first-order valence-electron chi connectivity index (χ1n) is 5.72. The number of aryl methyl sites for hydroxylation is 1. The van der Waals surface area contributed by atoms with Gasteiger partial charge in [-0.2, -0.15) is 5.26 Å². The monoisotopic (exact) mass is 232 g/mol. The van der Waals surface area contributed by atoms with E-state index in [0.717, 1.165) is 17.8 Å². The largest absolute Gasteiger partial charge is 0.394 e. The first-order valence-corrected chi connectivity index (χ1v) is 5.72. The van der Waals surface area contributed by atoms with Crippen molar-refractivity contribution < 1.29 is 9.84 Å². The molecule has 0 aromatic heterocycles. The fourth-order valence-corrected chi connectivity index (χ4v) is 2.10. The average Bonchev–Trinajstić information content (AvgIpc) is 2.38. The number of hydrogen-bond donors (Lipinski definition) is 1. The summed E-state index contributed by atoms with van der Waals surface area (Å²) in [4.78, 5) is 2.14. The lowest BCUT2D eigenvalue weighted by Crippen LogP contribution is -2.47. The number of aliphatic hydroxyl groups is 1. The number of benzene rings is 1. The third kappa shape index (κ3) is 2.41. The van der Waals surface area contributed by atoms with Crippen LogP contribution in [0.25, 0.3) is 0 Å². The maximum Gasteiger partial charge on any atom is 0.0994 e. The maximum atomic E-state index is 9.32. The highest BCUT2D eigenvalue weighted by Crippen LogP contribution is 2.22. The number of ether oxygens (including phenoxy) is 1. The summed E-state index contributed by atoms with van der Waals surface area (Å²) < 4.78 is 5.35. The minimum Gasteiger partial charge on any atom is -0.394 e. The van der Waals surface area contributed by atoms with Gasteiger partial charge in [0.2, 0.25) is 0 Å². The van der Waals surface area contributed by atoms with Crippen LogP contribution in [-0.4, -0.2) is 37.5 Å². The first kappa shape index (κ1) is 11.9. The molecule has 1 heterocycles. The van der Waals surface area contributed by atoms with Gasteiger partial charge in [0.1, 0.15) is 0 Å². The summed E-state index contributed by atoms with van der Waals surface area (Å²) in [5.41, 5.74) is 2.71. The van der Waals surface area contributed by atoms with Gasteiger partial charge in [-0.15, -0.1) is 0 Å². The van der Waals surface area contributed by atoms with Gasteiger partial charge in [-0.3, -0.25) is 0 Å². The van der Waals surface area contributed by atoms with Gasteiger partial charge in [0.25, 0.3) is 0 Å². The molecule has 1 unspecified atom stereocenters. The van der Waals surface area contributed by atoms with Gasteiger partial charge in [-0.25, -0.2) is 0 Å². The smallest absolute Gasteiger partial charge is 0.0994 e. The lowest BCUT2D eigenvalue weighted by Gasteiger charge is -2.36. The summed E-state index contributed by atoms with van der Waals surface area (Å²) in [5, 5.41) is 18.2. The summed E-state index contributed by atoms with van der Waals surface area (Å²) >= 11 is 0. The zero-order valence-electron chi connectivity index (χ0n) is 9.89. The van der Waals surface area contributed by atoms with Gasteiger partial charge in [-0.05, 0) is 30.7 Å². The summed E-state index contributed by atoms with van der Waals surface area (Å²) in [7, 11) is 0. The van der Waals surface area contributed by atoms with Crippen LogP contribution in [0.1, 0.15) is 11.1 Å². The number of nitrogens with zero attached hydrogens (tertiary/aromatic N) is 2. The van der Waals surface area contributed by atoms with Crippen molar-refractivity contribution in [3.63, 3.8) is 0 Å². The van der Waals surface area contributed by atoms with Crippen molar-refractivity contribution in [3.8, 4) is 6.07 Å². The van der Waals surface area contributed by atoms with Crippen LogP contribution < -0.4 is 4.90 Å². The molecule has 17 heavy (non-hydrogen) atoms.